The van der Waals surface area contributed by atoms with Gasteiger partial charge in [-0.05, 0) is 70.3 Å². The third kappa shape index (κ3) is 6.00. The van der Waals surface area contributed by atoms with Crippen molar-refractivity contribution in [3.8, 4) is 0 Å². The van der Waals surface area contributed by atoms with E-state index in [0.29, 0.717) is 19.0 Å². The number of rotatable bonds is 10. The molecule has 5 heteroatoms. The molecule has 1 aliphatic carbocycles. The molecule has 0 bridgehead atoms. The number of para-hydroxylation sites is 1. The second-order valence-corrected chi connectivity index (χ2v) is 13.7. The molecular formula is C42H43N3O2. The highest BCUT2D eigenvalue weighted by Gasteiger charge is 2.43. The Balaban J connectivity index is 0.952. The van der Waals surface area contributed by atoms with Crippen molar-refractivity contribution < 1.29 is 9.90 Å². The molecule has 238 valence electrons. The molecule has 0 spiro atoms. The molecule has 8 rings (SSSR count). The van der Waals surface area contributed by atoms with Crippen molar-refractivity contribution in [2.24, 2.45) is 0 Å². The van der Waals surface area contributed by atoms with E-state index in [0.717, 1.165) is 56.7 Å². The number of hydrogen-bond acceptors (Lipinski definition) is 4. The van der Waals surface area contributed by atoms with Crippen molar-refractivity contribution in [3.63, 3.8) is 0 Å². The summed E-state index contributed by atoms with van der Waals surface area (Å²) >= 11 is 0. The van der Waals surface area contributed by atoms with Crippen LogP contribution in [0.5, 0.6) is 0 Å². The van der Waals surface area contributed by atoms with Crippen LogP contribution >= 0.6 is 0 Å². The van der Waals surface area contributed by atoms with E-state index in [1.165, 1.54) is 33.0 Å². The van der Waals surface area contributed by atoms with Crippen LogP contribution in [0.1, 0.15) is 59.0 Å². The molecule has 5 nitrogen and oxygen atoms in total. The van der Waals surface area contributed by atoms with Crippen molar-refractivity contribution >= 4 is 22.4 Å². The number of likely N-dealkylation sites (tertiary alicyclic amines) is 1. The van der Waals surface area contributed by atoms with Crippen LogP contribution in [0.3, 0.4) is 0 Å². The topological polar surface area (TPSA) is 47.0 Å². The maximum Gasteiger partial charge on any atom is 0.234 e. The number of aliphatic hydroxyl groups is 1. The molecule has 47 heavy (non-hydrogen) atoms. The van der Waals surface area contributed by atoms with Crippen molar-refractivity contribution in [2.75, 3.05) is 24.5 Å². The highest BCUT2D eigenvalue weighted by molar-refractivity contribution is 6.05. The number of aliphatic hydroxyl groups excluding tert-OH is 1. The molecule has 3 atom stereocenters. The van der Waals surface area contributed by atoms with E-state index in [2.05, 4.69) is 112 Å². The molecule has 5 aromatic carbocycles. The van der Waals surface area contributed by atoms with Crippen LogP contribution in [0, 0.1) is 0 Å². The maximum atomic E-state index is 14.3. The van der Waals surface area contributed by atoms with Crippen LogP contribution < -0.4 is 4.90 Å². The lowest BCUT2D eigenvalue weighted by Crippen LogP contribution is -2.47. The molecule has 1 amide bonds. The first kappa shape index (κ1) is 30.1. The highest BCUT2D eigenvalue weighted by atomic mass is 16.3. The van der Waals surface area contributed by atoms with Gasteiger partial charge in [0.25, 0.3) is 0 Å². The summed E-state index contributed by atoms with van der Waals surface area (Å²) in [4.78, 5) is 21.3. The van der Waals surface area contributed by atoms with Crippen LogP contribution in [0.4, 0.5) is 5.69 Å². The fourth-order valence-corrected chi connectivity index (χ4v) is 8.54. The van der Waals surface area contributed by atoms with Crippen LogP contribution in [-0.4, -0.2) is 52.6 Å². The Morgan fingerprint density at radius 2 is 1.34 bits per heavy atom. The van der Waals surface area contributed by atoms with E-state index in [9.17, 15) is 9.90 Å². The minimum atomic E-state index is -0.627. The number of hydrogen-bond donors (Lipinski definition) is 1. The predicted molar refractivity (Wildman–Crippen MR) is 189 cm³/mol. The van der Waals surface area contributed by atoms with Gasteiger partial charge in [-0.3, -0.25) is 14.6 Å². The van der Waals surface area contributed by atoms with E-state index in [1.807, 2.05) is 24.3 Å². The monoisotopic (exact) mass is 621 g/mol. The highest BCUT2D eigenvalue weighted by Crippen LogP contribution is 2.44. The fourth-order valence-electron chi connectivity index (χ4n) is 8.54. The average Bonchev–Trinajstić information content (AvgIpc) is 3.62. The lowest BCUT2D eigenvalue weighted by atomic mass is 9.94. The fraction of sp³-hybridized carbons (Fsp3) is 0.310. The number of carbonyl (C=O) groups excluding carboxylic acids is 1. The molecule has 5 aromatic rings. The van der Waals surface area contributed by atoms with Gasteiger partial charge in [0.05, 0.1) is 12.0 Å². The lowest BCUT2D eigenvalue weighted by molar-refractivity contribution is -0.120. The van der Waals surface area contributed by atoms with Gasteiger partial charge in [-0.1, -0.05) is 115 Å². The first-order chi connectivity index (χ1) is 23.1. The van der Waals surface area contributed by atoms with Gasteiger partial charge in [0, 0.05) is 50.5 Å². The van der Waals surface area contributed by atoms with Crippen LogP contribution in [0.2, 0.25) is 0 Å². The lowest BCUT2D eigenvalue weighted by Gasteiger charge is -2.40. The summed E-state index contributed by atoms with van der Waals surface area (Å²) in [6, 6.07) is 43.2. The molecule has 2 aliphatic heterocycles. The van der Waals surface area contributed by atoms with Crippen molar-refractivity contribution in [1.29, 1.82) is 0 Å². The number of piperidine rings is 1. The predicted octanol–water partition coefficient (Wildman–Crippen LogP) is 7.49. The van der Waals surface area contributed by atoms with Gasteiger partial charge in [-0.25, -0.2) is 0 Å². The Morgan fingerprint density at radius 3 is 2.04 bits per heavy atom. The normalized spacial score (nSPS) is 20.3. The summed E-state index contributed by atoms with van der Waals surface area (Å²) in [5.74, 6) is -0.170. The minimum Gasteiger partial charge on any atom is -0.392 e. The summed E-state index contributed by atoms with van der Waals surface area (Å²) in [6.45, 7) is 3.95. The summed E-state index contributed by atoms with van der Waals surface area (Å²) in [5, 5.41) is 14.3. The first-order valence-corrected chi connectivity index (χ1v) is 17.3. The van der Waals surface area contributed by atoms with Gasteiger partial charge in [0.2, 0.25) is 5.91 Å². The molecule has 0 radical (unpaired) electrons. The number of benzene rings is 5. The molecule has 3 unspecified atom stereocenters. The average molecular weight is 622 g/mol. The second-order valence-electron chi connectivity index (χ2n) is 13.7. The summed E-state index contributed by atoms with van der Waals surface area (Å²) < 4.78 is 0. The van der Waals surface area contributed by atoms with Crippen LogP contribution in [0.25, 0.3) is 10.8 Å². The Hall–Kier alpha value is -4.29. The number of fused-ring (bicyclic) bond motifs is 1. The van der Waals surface area contributed by atoms with Crippen molar-refractivity contribution in [3.05, 3.63) is 149 Å². The van der Waals surface area contributed by atoms with Gasteiger partial charge in [-0.15, -0.1) is 0 Å². The minimum absolute atomic E-state index is 0.152. The Kier molecular flexibility index (Phi) is 8.37. The zero-order valence-electron chi connectivity index (χ0n) is 26.9. The molecule has 2 heterocycles. The van der Waals surface area contributed by atoms with Crippen LogP contribution in [-0.2, 0) is 24.3 Å². The van der Waals surface area contributed by atoms with E-state index >= 15 is 0 Å². The summed E-state index contributed by atoms with van der Waals surface area (Å²) in [7, 11) is 0. The zero-order valence-corrected chi connectivity index (χ0v) is 26.9. The molecule has 3 aliphatic rings. The summed E-state index contributed by atoms with van der Waals surface area (Å²) in [6.07, 6.45) is 2.78. The second kappa shape index (κ2) is 13.1. The molecule has 0 saturated carbocycles. The van der Waals surface area contributed by atoms with E-state index in [-0.39, 0.29) is 17.9 Å². The SMILES string of the molecule is O=C1C(CC(O)CN(Cc2ccccc2)Cc2ccccc2)c2ccccc2N1C1CCN(C2Cc3cccc4cccc2c34)CC1. The standard InChI is InChI=1S/C42H43N3O2/c46-35(29-43(27-30-11-3-1-4-12-30)28-31-13-5-2-6-14-31)26-38-36-18-7-8-20-39(36)45(42(38)47)34-21-23-44(24-22-34)40-25-33-17-9-15-32-16-10-19-37(40)41(32)33/h1-20,34-35,38,40,46H,21-29H2. The van der Waals surface area contributed by atoms with Gasteiger partial charge in [0.1, 0.15) is 0 Å². The van der Waals surface area contributed by atoms with E-state index in [1.54, 1.807) is 0 Å². The van der Waals surface area contributed by atoms with Gasteiger partial charge in [0.15, 0.2) is 0 Å². The molecule has 1 saturated heterocycles. The van der Waals surface area contributed by atoms with E-state index < -0.39 is 6.10 Å². The zero-order chi connectivity index (χ0) is 31.7. The van der Waals surface area contributed by atoms with Gasteiger partial charge >= 0.3 is 0 Å². The van der Waals surface area contributed by atoms with Gasteiger partial charge in [-0.2, -0.15) is 0 Å². The number of anilines is 1. The third-order valence-corrected chi connectivity index (χ3v) is 10.7. The summed E-state index contributed by atoms with van der Waals surface area (Å²) in [5.41, 5.74) is 7.46. The Bertz CT molecular complexity index is 1800. The first-order valence-electron chi connectivity index (χ1n) is 17.3. The van der Waals surface area contributed by atoms with Crippen molar-refractivity contribution in [1.82, 2.24) is 9.80 Å². The Morgan fingerprint density at radius 1 is 0.723 bits per heavy atom. The number of carbonyl (C=O) groups is 1. The smallest absolute Gasteiger partial charge is 0.234 e. The molecular weight excluding hydrogens is 578 g/mol. The van der Waals surface area contributed by atoms with Crippen molar-refractivity contribution in [2.45, 2.75) is 62.9 Å². The Labute approximate surface area is 278 Å². The largest absolute Gasteiger partial charge is 0.392 e. The van der Waals surface area contributed by atoms with Gasteiger partial charge < -0.3 is 10.0 Å². The third-order valence-electron chi connectivity index (χ3n) is 10.7. The maximum absolute atomic E-state index is 14.3. The molecule has 1 N–H and O–H groups in total. The number of amides is 1. The molecule has 1 fully saturated rings. The quantitative estimate of drug-likeness (QED) is 0.176. The molecule has 0 aromatic heterocycles. The van der Waals surface area contributed by atoms with Crippen LogP contribution in [0.15, 0.2) is 121 Å². The van der Waals surface area contributed by atoms with E-state index in [4.69, 9.17) is 0 Å². The number of nitrogens with zero attached hydrogens (tertiary/aromatic N) is 3.